The lowest BCUT2D eigenvalue weighted by molar-refractivity contribution is 0.0338. The molecule has 1 aliphatic heterocycles. The monoisotopic (exact) mass is 281 g/mol. The zero-order valence-corrected chi connectivity index (χ0v) is 11.8. The van der Waals surface area contributed by atoms with Crippen LogP contribution in [-0.2, 0) is 24.0 Å². The minimum atomic E-state index is -4.04. The van der Waals surface area contributed by atoms with Crippen LogP contribution in [0.15, 0.2) is 0 Å². The van der Waals surface area contributed by atoms with Gasteiger partial charge < -0.3 is 9.47 Å². The van der Waals surface area contributed by atoms with Crippen LogP contribution in [0.3, 0.4) is 0 Å². The van der Waals surface area contributed by atoms with Gasteiger partial charge in [-0.15, -0.1) is 0 Å². The molecule has 1 atom stereocenters. The Balaban J connectivity index is 2.82. The zero-order valence-electron chi connectivity index (χ0n) is 11.0. The molecular weight excluding hydrogens is 262 g/mol. The highest BCUT2D eigenvalue weighted by atomic mass is 32.2. The lowest BCUT2D eigenvalue weighted by atomic mass is 10.2. The first-order valence-electron chi connectivity index (χ1n) is 5.58. The van der Waals surface area contributed by atoms with Crippen LogP contribution in [0, 0.1) is 0 Å². The molecule has 8 heteroatoms. The molecule has 1 rings (SSSR count). The van der Waals surface area contributed by atoms with Gasteiger partial charge in [0.15, 0.2) is 0 Å². The van der Waals surface area contributed by atoms with E-state index in [1.54, 1.807) is 20.8 Å². The lowest BCUT2D eigenvalue weighted by Gasteiger charge is -2.25. The minimum Gasteiger partial charge on any atom is -0.443 e. The third-order valence-corrected chi connectivity index (χ3v) is 3.57. The summed E-state index contributed by atoms with van der Waals surface area (Å²) in [6.45, 7) is 5.27. The van der Waals surface area contributed by atoms with E-state index in [0.717, 1.165) is 0 Å². The second kappa shape index (κ2) is 5.41. The van der Waals surface area contributed by atoms with E-state index >= 15 is 0 Å². The molecule has 0 aromatic carbocycles. The molecular formula is C10H19NO6S. The predicted molar refractivity (Wildman–Crippen MR) is 63.2 cm³/mol. The highest BCUT2D eigenvalue weighted by Crippen LogP contribution is 2.24. The first-order valence-corrected chi connectivity index (χ1v) is 6.94. The maximum absolute atomic E-state index is 11.9. The van der Waals surface area contributed by atoms with Crippen molar-refractivity contribution in [1.82, 2.24) is 4.31 Å². The van der Waals surface area contributed by atoms with Crippen LogP contribution in [0.1, 0.15) is 27.2 Å². The van der Waals surface area contributed by atoms with Gasteiger partial charge in [0.1, 0.15) is 5.60 Å². The van der Waals surface area contributed by atoms with Crippen molar-refractivity contribution in [1.29, 1.82) is 0 Å². The molecule has 1 amide bonds. The van der Waals surface area contributed by atoms with Crippen molar-refractivity contribution in [2.75, 3.05) is 20.3 Å². The molecule has 0 aliphatic carbocycles. The van der Waals surface area contributed by atoms with Crippen LogP contribution in [0.2, 0.25) is 0 Å². The zero-order chi connectivity index (χ0) is 14.0. The van der Waals surface area contributed by atoms with Gasteiger partial charge in [-0.1, -0.05) is 0 Å². The van der Waals surface area contributed by atoms with E-state index < -0.39 is 28.0 Å². The van der Waals surface area contributed by atoms with Crippen LogP contribution in [0.5, 0.6) is 0 Å². The van der Waals surface area contributed by atoms with Crippen LogP contribution in [-0.4, -0.2) is 50.8 Å². The van der Waals surface area contributed by atoms with Crippen molar-refractivity contribution >= 4 is 16.4 Å². The van der Waals surface area contributed by atoms with E-state index in [4.69, 9.17) is 9.47 Å². The van der Waals surface area contributed by atoms with Crippen molar-refractivity contribution in [3.8, 4) is 0 Å². The van der Waals surface area contributed by atoms with Gasteiger partial charge in [-0.3, -0.25) is 4.18 Å². The summed E-state index contributed by atoms with van der Waals surface area (Å²) in [5.74, 6) is 0. The highest BCUT2D eigenvalue weighted by molar-refractivity contribution is 7.85. The van der Waals surface area contributed by atoms with Crippen molar-refractivity contribution in [3.63, 3.8) is 0 Å². The van der Waals surface area contributed by atoms with Crippen molar-refractivity contribution in [2.45, 2.75) is 38.8 Å². The molecule has 0 saturated carbocycles. The Bertz CT molecular complexity index is 399. The summed E-state index contributed by atoms with van der Waals surface area (Å²) in [5.41, 5.74) is -0.763. The standard InChI is InChI=1S/C10H19NO6S/c1-10(2,3)17-9(12)11-8(5-6-15-4)7-16-18(11,13)14/h8H,5-7H2,1-4H3/t8-/m0/s1. The number of carbonyl (C=O) groups excluding carboxylic acids is 1. The molecule has 0 N–H and O–H groups in total. The molecule has 1 fully saturated rings. The summed E-state index contributed by atoms with van der Waals surface area (Å²) >= 11 is 0. The topological polar surface area (TPSA) is 82.1 Å². The van der Waals surface area contributed by atoms with Crippen molar-refractivity contribution < 1.29 is 26.9 Å². The average Bonchev–Trinajstić information content (AvgIpc) is 2.48. The van der Waals surface area contributed by atoms with Crippen LogP contribution in [0.4, 0.5) is 4.79 Å². The molecule has 7 nitrogen and oxygen atoms in total. The number of hydrogen-bond donors (Lipinski definition) is 0. The van der Waals surface area contributed by atoms with Crippen molar-refractivity contribution in [3.05, 3.63) is 0 Å². The molecule has 106 valence electrons. The maximum Gasteiger partial charge on any atom is 0.426 e. The van der Waals surface area contributed by atoms with E-state index in [1.807, 2.05) is 0 Å². The fourth-order valence-corrected chi connectivity index (χ4v) is 2.67. The first kappa shape index (κ1) is 15.2. The second-order valence-corrected chi connectivity index (χ2v) is 6.44. The second-order valence-electron chi connectivity index (χ2n) is 4.95. The summed E-state index contributed by atoms with van der Waals surface area (Å²) in [5, 5.41) is 0. The fraction of sp³-hybridized carbons (Fsp3) is 0.900. The Kier molecular flexibility index (Phi) is 4.57. The summed E-state index contributed by atoms with van der Waals surface area (Å²) in [6.07, 6.45) is -0.546. The number of rotatable bonds is 3. The average molecular weight is 281 g/mol. The van der Waals surface area contributed by atoms with Gasteiger partial charge >= 0.3 is 16.4 Å². The fourth-order valence-electron chi connectivity index (χ4n) is 1.47. The van der Waals surface area contributed by atoms with Gasteiger partial charge in [0.25, 0.3) is 0 Å². The predicted octanol–water partition coefficient (Wildman–Crippen LogP) is 0.904. The van der Waals surface area contributed by atoms with E-state index in [1.165, 1.54) is 7.11 Å². The van der Waals surface area contributed by atoms with Gasteiger partial charge in [-0.25, -0.2) is 4.79 Å². The molecule has 0 radical (unpaired) electrons. The Morgan fingerprint density at radius 2 is 2.06 bits per heavy atom. The normalized spacial score (nSPS) is 23.1. The van der Waals surface area contributed by atoms with Crippen LogP contribution < -0.4 is 0 Å². The summed E-state index contributed by atoms with van der Waals surface area (Å²) in [4.78, 5) is 11.9. The number of nitrogens with zero attached hydrogens (tertiary/aromatic N) is 1. The highest BCUT2D eigenvalue weighted by Gasteiger charge is 2.44. The van der Waals surface area contributed by atoms with E-state index in [9.17, 15) is 13.2 Å². The van der Waals surface area contributed by atoms with Gasteiger partial charge in [0.2, 0.25) is 0 Å². The molecule has 18 heavy (non-hydrogen) atoms. The molecule has 0 unspecified atom stereocenters. The number of hydrogen-bond acceptors (Lipinski definition) is 6. The number of carbonyl (C=O) groups is 1. The van der Waals surface area contributed by atoms with Gasteiger partial charge in [-0.2, -0.15) is 12.7 Å². The van der Waals surface area contributed by atoms with Gasteiger partial charge in [0, 0.05) is 13.7 Å². The Hall–Kier alpha value is -0.860. The lowest BCUT2D eigenvalue weighted by Crippen LogP contribution is -2.43. The Labute approximate surface area is 107 Å². The quantitative estimate of drug-likeness (QED) is 0.764. The summed E-state index contributed by atoms with van der Waals surface area (Å²) in [7, 11) is -2.53. The van der Waals surface area contributed by atoms with E-state index in [2.05, 4.69) is 4.18 Å². The van der Waals surface area contributed by atoms with Crippen LogP contribution in [0.25, 0.3) is 0 Å². The molecule has 1 aliphatic rings. The van der Waals surface area contributed by atoms with Crippen LogP contribution >= 0.6 is 0 Å². The number of methoxy groups -OCH3 is 1. The summed E-state index contributed by atoms with van der Waals surface area (Å²) in [6, 6.07) is -0.579. The molecule has 0 aromatic rings. The third kappa shape index (κ3) is 3.82. The number of ether oxygens (including phenoxy) is 2. The molecule has 1 heterocycles. The molecule has 0 spiro atoms. The Morgan fingerprint density at radius 1 is 1.44 bits per heavy atom. The third-order valence-electron chi connectivity index (χ3n) is 2.21. The molecule has 0 aromatic heterocycles. The SMILES string of the molecule is COCC[C@H]1COS(=O)(=O)N1C(=O)OC(C)(C)C. The summed E-state index contributed by atoms with van der Waals surface area (Å²) < 4.78 is 38.5. The Morgan fingerprint density at radius 3 is 2.56 bits per heavy atom. The largest absolute Gasteiger partial charge is 0.443 e. The molecule has 1 saturated heterocycles. The van der Waals surface area contributed by atoms with Gasteiger partial charge in [-0.05, 0) is 27.2 Å². The first-order chi connectivity index (χ1) is 8.17. The number of amides is 1. The van der Waals surface area contributed by atoms with Gasteiger partial charge in [0.05, 0.1) is 12.6 Å². The minimum absolute atomic E-state index is 0.0645. The van der Waals surface area contributed by atoms with Crippen molar-refractivity contribution in [2.24, 2.45) is 0 Å². The molecule has 0 bridgehead atoms. The van der Waals surface area contributed by atoms with E-state index in [-0.39, 0.29) is 6.61 Å². The smallest absolute Gasteiger partial charge is 0.426 e. The maximum atomic E-state index is 11.9. The van der Waals surface area contributed by atoms with E-state index in [0.29, 0.717) is 17.3 Å².